The molecule has 0 radical (unpaired) electrons. The first-order chi connectivity index (χ1) is 14.3. The van der Waals surface area contributed by atoms with Gasteiger partial charge in [0.15, 0.2) is 0 Å². The minimum Gasteiger partial charge on any atom is -0.395 e. The smallest absolute Gasteiger partial charge is 0.148 e. The van der Waals surface area contributed by atoms with Crippen molar-refractivity contribution in [3.05, 3.63) is 66.6 Å². The Morgan fingerprint density at radius 3 is 2.59 bits per heavy atom. The second kappa shape index (κ2) is 8.95. The quantitative estimate of drug-likeness (QED) is 0.355. The maximum Gasteiger partial charge on any atom is 0.148 e. The fourth-order valence-electron chi connectivity index (χ4n) is 3.01. The molecule has 0 saturated carbocycles. The maximum absolute atomic E-state index is 9.85. The number of rotatable bonds is 8. The van der Waals surface area contributed by atoms with Crippen molar-refractivity contribution in [1.82, 2.24) is 15.0 Å². The summed E-state index contributed by atoms with van der Waals surface area (Å²) in [7, 11) is 0. The van der Waals surface area contributed by atoms with Crippen molar-refractivity contribution in [2.45, 2.75) is 6.04 Å². The molecule has 0 spiro atoms. The number of thiophene rings is 1. The summed E-state index contributed by atoms with van der Waals surface area (Å²) in [5.41, 5.74) is 2.82. The Balaban J connectivity index is 1.61. The molecule has 8 heteroatoms. The van der Waals surface area contributed by atoms with Gasteiger partial charge in [-0.15, -0.1) is 11.3 Å². The molecule has 4 aromatic rings. The molecule has 0 bridgehead atoms. The van der Waals surface area contributed by atoms with E-state index in [0.717, 1.165) is 32.0 Å². The molecule has 4 N–H and O–H groups in total. The van der Waals surface area contributed by atoms with E-state index < -0.39 is 0 Å². The number of nitrogens with zero attached hydrogens (tertiary/aromatic N) is 3. The van der Waals surface area contributed by atoms with Gasteiger partial charge in [-0.25, -0.2) is 15.0 Å². The van der Waals surface area contributed by atoms with Crippen molar-refractivity contribution in [1.29, 1.82) is 0 Å². The molecule has 29 heavy (non-hydrogen) atoms. The lowest BCUT2D eigenvalue weighted by Gasteiger charge is -2.17. The third kappa shape index (κ3) is 4.34. The minimum absolute atomic E-state index is 0.0417. The number of hydrogen-bond donors (Lipinski definition) is 4. The summed E-state index contributed by atoms with van der Waals surface area (Å²) in [5, 5.41) is 25.1. The molecule has 0 aliphatic heterocycles. The molecule has 3 heterocycles. The summed E-state index contributed by atoms with van der Waals surface area (Å²) in [6.07, 6.45) is 3.33. The van der Waals surface area contributed by atoms with Crippen LogP contribution in [0.2, 0.25) is 0 Å². The molecule has 0 unspecified atom stereocenters. The summed E-state index contributed by atoms with van der Waals surface area (Å²) in [6.45, 7) is 0.485. The van der Waals surface area contributed by atoms with Crippen LogP contribution in [0.3, 0.4) is 0 Å². The van der Waals surface area contributed by atoms with Gasteiger partial charge in [-0.1, -0.05) is 30.3 Å². The van der Waals surface area contributed by atoms with E-state index in [1.807, 2.05) is 48.5 Å². The van der Waals surface area contributed by atoms with E-state index in [1.165, 1.54) is 6.33 Å². The van der Waals surface area contributed by atoms with E-state index in [9.17, 15) is 5.11 Å². The predicted molar refractivity (Wildman–Crippen MR) is 116 cm³/mol. The number of nitrogens with one attached hydrogen (secondary N) is 2. The number of hydrogen-bond acceptors (Lipinski definition) is 8. The zero-order valence-electron chi connectivity index (χ0n) is 15.6. The van der Waals surface area contributed by atoms with Crippen molar-refractivity contribution in [2.24, 2.45) is 0 Å². The van der Waals surface area contributed by atoms with Crippen molar-refractivity contribution in [2.75, 3.05) is 30.4 Å². The van der Waals surface area contributed by atoms with Crippen LogP contribution in [0.5, 0.6) is 0 Å². The zero-order chi connectivity index (χ0) is 20.1. The van der Waals surface area contributed by atoms with Crippen LogP contribution in [0.15, 0.2) is 61.1 Å². The SMILES string of the molecule is OCCNc1ccc(-c2cc3ncnc(N[C@H](CO)c4ccccc4)c3s2)cn1. The van der Waals surface area contributed by atoms with Crippen molar-refractivity contribution < 1.29 is 10.2 Å². The monoisotopic (exact) mass is 407 g/mol. The van der Waals surface area contributed by atoms with Gasteiger partial charge in [0.05, 0.1) is 29.5 Å². The molecule has 0 fully saturated rings. The van der Waals surface area contributed by atoms with Gasteiger partial charge in [0, 0.05) is 23.2 Å². The molecule has 7 nitrogen and oxygen atoms in total. The highest BCUT2D eigenvalue weighted by Gasteiger charge is 2.15. The van der Waals surface area contributed by atoms with Crippen LogP contribution in [0, 0.1) is 0 Å². The van der Waals surface area contributed by atoms with E-state index in [4.69, 9.17) is 5.11 Å². The Morgan fingerprint density at radius 2 is 1.86 bits per heavy atom. The lowest BCUT2D eigenvalue weighted by molar-refractivity contribution is 0.276. The fraction of sp³-hybridized carbons (Fsp3) is 0.190. The number of pyridine rings is 1. The summed E-state index contributed by atoms with van der Waals surface area (Å²) >= 11 is 1.58. The van der Waals surface area contributed by atoms with Gasteiger partial charge in [-0.2, -0.15) is 0 Å². The first kappa shape index (κ1) is 19.3. The Kier molecular flexibility index (Phi) is 5.95. The third-order valence-corrected chi connectivity index (χ3v) is 5.65. The molecular weight excluding hydrogens is 386 g/mol. The highest BCUT2D eigenvalue weighted by atomic mass is 32.1. The number of aliphatic hydroxyl groups excluding tert-OH is 2. The molecule has 1 atom stereocenters. The molecule has 0 saturated heterocycles. The number of anilines is 2. The average molecular weight is 407 g/mol. The highest BCUT2D eigenvalue weighted by molar-refractivity contribution is 7.22. The second-order valence-electron chi connectivity index (χ2n) is 6.42. The van der Waals surface area contributed by atoms with Crippen molar-refractivity contribution >= 4 is 33.2 Å². The first-order valence-electron chi connectivity index (χ1n) is 9.26. The normalized spacial score (nSPS) is 12.1. The zero-order valence-corrected chi connectivity index (χ0v) is 16.4. The van der Waals surface area contributed by atoms with E-state index in [2.05, 4.69) is 25.6 Å². The van der Waals surface area contributed by atoms with Crippen LogP contribution in [-0.4, -0.2) is 44.9 Å². The van der Waals surface area contributed by atoms with Crippen LogP contribution in [0.4, 0.5) is 11.6 Å². The van der Waals surface area contributed by atoms with E-state index in [0.29, 0.717) is 12.4 Å². The predicted octanol–water partition coefficient (Wildman–Crippen LogP) is 3.30. The minimum atomic E-state index is -0.251. The molecule has 0 aliphatic rings. The Bertz CT molecular complexity index is 1070. The van der Waals surface area contributed by atoms with Gasteiger partial charge in [-0.05, 0) is 23.8 Å². The van der Waals surface area contributed by atoms with Gasteiger partial charge < -0.3 is 20.8 Å². The van der Waals surface area contributed by atoms with E-state index >= 15 is 0 Å². The Morgan fingerprint density at radius 1 is 1.00 bits per heavy atom. The van der Waals surface area contributed by atoms with Gasteiger partial charge in [-0.3, -0.25) is 0 Å². The van der Waals surface area contributed by atoms with Crippen LogP contribution in [-0.2, 0) is 0 Å². The average Bonchev–Trinajstić information content (AvgIpc) is 3.22. The van der Waals surface area contributed by atoms with Crippen LogP contribution >= 0.6 is 11.3 Å². The van der Waals surface area contributed by atoms with Crippen molar-refractivity contribution in [3.63, 3.8) is 0 Å². The van der Waals surface area contributed by atoms with Crippen LogP contribution < -0.4 is 10.6 Å². The van der Waals surface area contributed by atoms with E-state index in [-0.39, 0.29) is 19.3 Å². The van der Waals surface area contributed by atoms with Crippen molar-refractivity contribution in [3.8, 4) is 10.4 Å². The largest absolute Gasteiger partial charge is 0.395 e. The molecule has 0 aliphatic carbocycles. The Labute approximate surface area is 172 Å². The number of aromatic nitrogens is 3. The molecule has 1 aromatic carbocycles. The highest BCUT2D eigenvalue weighted by Crippen LogP contribution is 2.36. The van der Waals surface area contributed by atoms with Gasteiger partial charge in [0.25, 0.3) is 0 Å². The topological polar surface area (TPSA) is 103 Å². The second-order valence-corrected chi connectivity index (χ2v) is 7.47. The number of benzene rings is 1. The summed E-state index contributed by atoms with van der Waals surface area (Å²) in [5.74, 6) is 1.42. The summed E-state index contributed by atoms with van der Waals surface area (Å²) in [4.78, 5) is 14.2. The maximum atomic E-state index is 9.85. The van der Waals surface area contributed by atoms with Crippen LogP contribution in [0.25, 0.3) is 20.7 Å². The molecule has 4 rings (SSSR count). The standard InChI is InChI=1S/C21H21N5O2S/c27-9-8-22-19-7-6-15(11-23-19)18-10-16-20(29-18)21(25-13-24-16)26-17(12-28)14-4-2-1-3-5-14/h1-7,10-11,13,17,27-28H,8-9,12H2,(H,22,23)(H,24,25,26)/t17-/m1/s1. The lowest BCUT2D eigenvalue weighted by Crippen LogP contribution is -2.15. The molecule has 3 aromatic heterocycles. The van der Waals surface area contributed by atoms with Gasteiger partial charge in [0.1, 0.15) is 18.0 Å². The number of aliphatic hydroxyl groups is 2. The summed E-state index contributed by atoms with van der Waals surface area (Å²) in [6, 6.07) is 15.4. The molecular formula is C21H21N5O2S. The Hall–Kier alpha value is -3.07. The molecule has 148 valence electrons. The fourth-order valence-corrected chi connectivity index (χ4v) is 4.07. The van der Waals surface area contributed by atoms with Gasteiger partial charge >= 0.3 is 0 Å². The van der Waals surface area contributed by atoms with Gasteiger partial charge in [0.2, 0.25) is 0 Å². The van der Waals surface area contributed by atoms with E-state index in [1.54, 1.807) is 17.5 Å². The number of fused-ring (bicyclic) bond motifs is 1. The molecule has 0 amide bonds. The first-order valence-corrected chi connectivity index (χ1v) is 10.1. The summed E-state index contributed by atoms with van der Waals surface area (Å²) < 4.78 is 0.930. The van der Waals surface area contributed by atoms with Crippen LogP contribution in [0.1, 0.15) is 11.6 Å². The third-order valence-electron chi connectivity index (χ3n) is 4.47. The lowest BCUT2D eigenvalue weighted by atomic mass is 10.1.